The summed E-state index contributed by atoms with van der Waals surface area (Å²) in [6.07, 6.45) is 25.5. The second-order valence-electron chi connectivity index (χ2n) is 9.77. The van der Waals surface area contributed by atoms with Crippen molar-refractivity contribution in [3.63, 3.8) is 0 Å². The number of aliphatic imine (C=N–C) groups is 1. The molecule has 1 saturated carbocycles. The van der Waals surface area contributed by atoms with Crippen molar-refractivity contribution in [1.29, 1.82) is 0 Å². The van der Waals surface area contributed by atoms with Gasteiger partial charge in [-0.25, -0.2) is 4.99 Å². The predicted molar refractivity (Wildman–Crippen MR) is 139 cm³/mol. The summed E-state index contributed by atoms with van der Waals surface area (Å²) in [5.41, 5.74) is 1.01. The molecule has 0 bridgehead atoms. The van der Waals surface area contributed by atoms with Gasteiger partial charge in [-0.05, 0) is 49.1 Å². The van der Waals surface area contributed by atoms with Gasteiger partial charge in [0.15, 0.2) is 0 Å². The Morgan fingerprint density at radius 3 is 2.18 bits per heavy atom. The average Bonchev–Trinajstić information content (AvgIpc) is 3.68. The second kappa shape index (κ2) is 15.2. The predicted octanol–water partition coefficient (Wildman–Crippen LogP) is 7.88. The Bertz CT molecular complexity index is 696. The van der Waals surface area contributed by atoms with Crippen LogP contribution in [0.25, 0.3) is 0 Å². The van der Waals surface area contributed by atoms with Gasteiger partial charge < -0.3 is 14.8 Å². The van der Waals surface area contributed by atoms with E-state index >= 15 is 0 Å². The average molecular weight is 455 g/mol. The lowest BCUT2D eigenvalue weighted by atomic mass is 10.1. The highest BCUT2D eigenvalue weighted by atomic mass is 16.5. The number of allylic oxidation sites excluding steroid dienone is 1. The molecule has 0 amide bonds. The summed E-state index contributed by atoms with van der Waals surface area (Å²) < 4.78 is 12.3. The molecule has 4 nitrogen and oxygen atoms in total. The molecule has 1 unspecified atom stereocenters. The van der Waals surface area contributed by atoms with Gasteiger partial charge in [0, 0.05) is 18.0 Å². The number of unbranched alkanes of at least 4 members (excludes halogenated alkanes) is 10. The molecule has 1 aromatic rings. The lowest BCUT2D eigenvalue weighted by Crippen LogP contribution is -2.42. The summed E-state index contributed by atoms with van der Waals surface area (Å²) in [6, 6.07) is 8.22. The lowest BCUT2D eigenvalue weighted by Gasteiger charge is -2.32. The van der Waals surface area contributed by atoms with Crippen molar-refractivity contribution in [3.8, 4) is 5.75 Å². The highest BCUT2D eigenvalue weighted by molar-refractivity contribution is 5.72. The van der Waals surface area contributed by atoms with E-state index in [-0.39, 0.29) is 0 Å². The minimum Gasteiger partial charge on any atom is -0.494 e. The minimum absolute atomic E-state index is 0.698. The van der Waals surface area contributed by atoms with Crippen LogP contribution in [0.3, 0.4) is 0 Å². The van der Waals surface area contributed by atoms with Crippen LogP contribution in [-0.4, -0.2) is 19.4 Å². The maximum absolute atomic E-state index is 6.27. The summed E-state index contributed by atoms with van der Waals surface area (Å²) in [6.45, 7) is 3.74. The number of rotatable bonds is 19. The lowest BCUT2D eigenvalue weighted by molar-refractivity contribution is -0.0628. The van der Waals surface area contributed by atoms with Crippen LogP contribution in [0.2, 0.25) is 0 Å². The maximum atomic E-state index is 6.27. The summed E-state index contributed by atoms with van der Waals surface area (Å²) in [5.74, 6) is 1.18. The summed E-state index contributed by atoms with van der Waals surface area (Å²) in [4.78, 5) is 4.65. The van der Waals surface area contributed by atoms with Crippen LogP contribution in [0.1, 0.15) is 109 Å². The molecule has 1 heterocycles. The van der Waals surface area contributed by atoms with Crippen molar-refractivity contribution >= 4 is 6.21 Å². The van der Waals surface area contributed by atoms with E-state index in [0.717, 1.165) is 36.7 Å². The van der Waals surface area contributed by atoms with Crippen LogP contribution in [-0.2, 0) is 10.6 Å². The SMILES string of the molecule is CCCCCCCCOC1(c2ccc(OCCCCCCCCC3CC3)cc2)N=CC=CN1. The molecule has 4 heteroatoms. The van der Waals surface area contributed by atoms with Crippen LogP contribution in [0, 0.1) is 5.92 Å². The standard InChI is InChI=1S/C29H46N2O2/c1-2-3-4-5-10-13-25-33-29(30-22-14-23-31-29)27-18-20-28(21-19-27)32-24-12-9-7-6-8-11-15-26-16-17-26/h14,18-23,26,30H,2-13,15-17,24-25H2,1H3. The van der Waals surface area contributed by atoms with E-state index in [4.69, 9.17) is 9.47 Å². The second-order valence-corrected chi connectivity index (χ2v) is 9.77. The van der Waals surface area contributed by atoms with E-state index < -0.39 is 5.85 Å². The molecule has 33 heavy (non-hydrogen) atoms. The third kappa shape index (κ3) is 9.92. The van der Waals surface area contributed by atoms with Gasteiger partial charge in [0.05, 0.1) is 13.2 Å². The topological polar surface area (TPSA) is 42.9 Å². The largest absolute Gasteiger partial charge is 0.494 e. The van der Waals surface area contributed by atoms with Gasteiger partial charge in [-0.1, -0.05) is 90.4 Å². The van der Waals surface area contributed by atoms with E-state index in [9.17, 15) is 0 Å². The Kier molecular flexibility index (Phi) is 11.9. The van der Waals surface area contributed by atoms with E-state index in [2.05, 4.69) is 29.4 Å². The molecular weight excluding hydrogens is 408 g/mol. The van der Waals surface area contributed by atoms with Crippen LogP contribution < -0.4 is 10.1 Å². The zero-order valence-electron chi connectivity index (χ0n) is 20.9. The number of nitrogens with zero attached hydrogens (tertiary/aromatic N) is 1. The molecule has 0 saturated heterocycles. The highest BCUT2D eigenvalue weighted by Gasteiger charge is 2.32. The van der Waals surface area contributed by atoms with E-state index in [1.807, 2.05) is 30.6 Å². The van der Waals surface area contributed by atoms with Gasteiger partial charge in [0.1, 0.15) is 5.75 Å². The molecular formula is C29H46N2O2. The highest BCUT2D eigenvalue weighted by Crippen LogP contribution is 2.34. The number of ether oxygens (including phenoxy) is 2. The summed E-state index contributed by atoms with van der Waals surface area (Å²) in [5, 5.41) is 3.33. The van der Waals surface area contributed by atoms with Gasteiger partial charge in [0.25, 0.3) is 5.85 Å². The molecule has 3 rings (SSSR count). The first kappa shape index (κ1) is 25.8. The molecule has 1 fully saturated rings. The van der Waals surface area contributed by atoms with Crippen molar-refractivity contribution in [2.24, 2.45) is 10.9 Å². The smallest absolute Gasteiger partial charge is 0.264 e. The van der Waals surface area contributed by atoms with E-state index in [1.54, 1.807) is 0 Å². The molecule has 0 aromatic heterocycles. The number of benzene rings is 1. The zero-order chi connectivity index (χ0) is 23.0. The van der Waals surface area contributed by atoms with Crippen molar-refractivity contribution in [1.82, 2.24) is 5.32 Å². The number of hydrogen-bond acceptors (Lipinski definition) is 4. The number of nitrogens with one attached hydrogen (secondary N) is 1. The van der Waals surface area contributed by atoms with Crippen LogP contribution in [0.4, 0.5) is 0 Å². The number of hydrogen-bond donors (Lipinski definition) is 1. The van der Waals surface area contributed by atoms with Crippen molar-refractivity contribution in [2.75, 3.05) is 13.2 Å². The fourth-order valence-corrected chi connectivity index (χ4v) is 4.43. The normalized spacial score (nSPS) is 19.5. The third-order valence-electron chi connectivity index (χ3n) is 6.74. The van der Waals surface area contributed by atoms with Gasteiger partial charge in [-0.3, -0.25) is 0 Å². The van der Waals surface area contributed by atoms with E-state index in [1.165, 1.54) is 83.5 Å². The molecule has 1 aromatic carbocycles. The Morgan fingerprint density at radius 2 is 1.52 bits per heavy atom. The minimum atomic E-state index is -0.823. The fourth-order valence-electron chi connectivity index (χ4n) is 4.43. The Hall–Kier alpha value is -1.81. The van der Waals surface area contributed by atoms with Gasteiger partial charge in [-0.15, -0.1) is 0 Å². The molecule has 2 aliphatic rings. The summed E-state index contributed by atoms with van der Waals surface area (Å²) >= 11 is 0. The van der Waals surface area contributed by atoms with Crippen molar-refractivity contribution < 1.29 is 9.47 Å². The quantitative estimate of drug-likeness (QED) is 0.216. The molecule has 0 spiro atoms. The van der Waals surface area contributed by atoms with Gasteiger partial charge in [0.2, 0.25) is 0 Å². The Balaban J connectivity index is 1.33. The van der Waals surface area contributed by atoms with Crippen molar-refractivity contribution in [2.45, 2.75) is 109 Å². The first-order valence-electron chi connectivity index (χ1n) is 13.7. The Labute approximate surface area is 202 Å². The van der Waals surface area contributed by atoms with Crippen molar-refractivity contribution in [3.05, 3.63) is 42.1 Å². The molecule has 184 valence electrons. The Morgan fingerprint density at radius 1 is 0.848 bits per heavy atom. The zero-order valence-corrected chi connectivity index (χ0v) is 20.9. The fraction of sp³-hybridized carbons (Fsp3) is 0.690. The van der Waals surface area contributed by atoms with Gasteiger partial charge >= 0.3 is 0 Å². The summed E-state index contributed by atoms with van der Waals surface area (Å²) in [7, 11) is 0. The molecule has 1 atom stereocenters. The molecule has 1 N–H and O–H groups in total. The monoisotopic (exact) mass is 454 g/mol. The van der Waals surface area contributed by atoms with Crippen LogP contribution in [0.5, 0.6) is 5.75 Å². The molecule has 1 aliphatic carbocycles. The van der Waals surface area contributed by atoms with Gasteiger partial charge in [-0.2, -0.15) is 0 Å². The van der Waals surface area contributed by atoms with Crippen LogP contribution >= 0.6 is 0 Å². The third-order valence-corrected chi connectivity index (χ3v) is 6.74. The first-order chi connectivity index (χ1) is 16.3. The van der Waals surface area contributed by atoms with Crippen LogP contribution in [0.15, 0.2) is 41.5 Å². The molecule has 0 radical (unpaired) electrons. The maximum Gasteiger partial charge on any atom is 0.264 e. The molecule has 1 aliphatic heterocycles. The first-order valence-corrected chi connectivity index (χ1v) is 13.7. The van der Waals surface area contributed by atoms with E-state index in [0.29, 0.717) is 6.61 Å².